The maximum Gasteiger partial charge on any atom is 0.472 e. The molecule has 87 heavy (non-hydrogen) atoms. The number of carbonyl (C=O) groups excluding carboxylic acids is 4. The maximum atomic E-state index is 13.0. The first-order valence-electron chi connectivity index (χ1n) is 35.3. The first-order chi connectivity index (χ1) is 41.7. The Balaban J connectivity index is 5.25. The maximum absolute atomic E-state index is 13.0. The predicted octanol–water partition coefficient (Wildman–Crippen LogP) is 18.9. The molecule has 0 spiro atoms. The van der Waals surface area contributed by atoms with Gasteiger partial charge in [0.15, 0.2) is 12.2 Å². The molecule has 7 atom stereocenters. The summed E-state index contributed by atoms with van der Waals surface area (Å²) >= 11 is 0. The van der Waals surface area contributed by atoms with Crippen LogP contribution in [0, 0.1) is 23.7 Å². The Morgan fingerprint density at radius 2 is 0.552 bits per heavy atom. The lowest BCUT2D eigenvalue weighted by Crippen LogP contribution is -2.30. The Labute approximate surface area is 530 Å². The highest BCUT2D eigenvalue weighted by molar-refractivity contribution is 7.47. The zero-order chi connectivity index (χ0) is 64.7. The normalized spacial score (nSPS) is 15.0. The molecule has 0 amide bonds. The first-order valence-corrected chi connectivity index (χ1v) is 38.3. The van der Waals surface area contributed by atoms with E-state index in [9.17, 15) is 43.2 Å². The molecule has 0 radical (unpaired) electrons. The van der Waals surface area contributed by atoms with Gasteiger partial charge in [-0.3, -0.25) is 37.3 Å². The van der Waals surface area contributed by atoms with Gasteiger partial charge in [0.1, 0.15) is 19.3 Å². The van der Waals surface area contributed by atoms with E-state index in [1.165, 1.54) is 128 Å². The van der Waals surface area contributed by atoms with Crippen LogP contribution in [0.25, 0.3) is 0 Å². The number of unbranched alkanes of at least 4 members (excludes halogenated alkanes) is 29. The van der Waals surface area contributed by atoms with Crippen LogP contribution in [-0.4, -0.2) is 96.7 Å². The topological polar surface area (TPSA) is 237 Å². The molecule has 0 aliphatic carbocycles. The van der Waals surface area contributed by atoms with Crippen LogP contribution in [0.15, 0.2) is 0 Å². The van der Waals surface area contributed by atoms with E-state index >= 15 is 0 Å². The minimum atomic E-state index is -4.95. The second kappa shape index (κ2) is 57.9. The lowest BCUT2D eigenvalue weighted by Gasteiger charge is -2.21. The predicted molar refractivity (Wildman–Crippen MR) is 349 cm³/mol. The van der Waals surface area contributed by atoms with E-state index < -0.39 is 97.5 Å². The van der Waals surface area contributed by atoms with Crippen LogP contribution in [0.1, 0.15) is 331 Å². The fourth-order valence-corrected chi connectivity index (χ4v) is 11.7. The number of hydrogen-bond donors (Lipinski definition) is 3. The number of aliphatic hydroxyl groups excluding tert-OH is 1. The monoisotopic (exact) mass is 1280 g/mol. The molecule has 0 aromatic rings. The average molecular weight is 1280 g/mol. The van der Waals surface area contributed by atoms with Crippen LogP contribution in [0.2, 0.25) is 0 Å². The fraction of sp³-hybridized carbons (Fsp3) is 0.941. The van der Waals surface area contributed by atoms with Gasteiger partial charge in [0, 0.05) is 25.7 Å². The Bertz CT molecular complexity index is 1730. The smallest absolute Gasteiger partial charge is 0.462 e. The van der Waals surface area contributed by atoms with Crippen molar-refractivity contribution in [3.8, 4) is 0 Å². The molecule has 0 heterocycles. The van der Waals surface area contributed by atoms with Crippen LogP contribution < -0.4 is 0 Å². The number of rotatable bonds is 65. The van der Waals surface area contributed by atoms with Gasteiger partial charge in [0.25, 0.3) is 0 Å². The van der Waals surface area contributed by atoms with Gasteiger partial charge in [0.05, 0.1) is 26.4 Å². The average Bonchev–Trinajstić information content (AvgIpc) is 3.49. The van der Waals surface area contributed by atoms with Gasteiger partial charge in [-0.15, -0.1) is 0 Å². The van der Waals surface area contributed by atoms with Crippen molar-refractivity contribution in [2.24, 2.45) is 23.7 Å². The van der Waals surface area contributed by atoms with Crippen LogP contribution >= 0.6 is 15.6 Å². The summed E-state index contributed by atoms with van der Waals surface area (Å²) in [5, 5.41) is 10.6. The molecule has 0 aliphatic heterocycles. The largest absolute Gasteiger partial charge is 0.472 e. The molecule has 0 aromatic heterocycles. The van der Waals surface area contributed by atoms with Gasteiger partial charge >= 0.3 is 39.5 Å². The molecule has 4 unspecified atom stereocenters. The molecule has 17 nitrogen and oxygen atoms in total. The summed E-state index contributed by atoms with van der Waals surface area (Å²) in [4.78, 5) is 72.4. The molecule has 0 fully saturated rings. The van der Waals surface area contributed by atoms with Crippen molar-refractivity contribution in [1.29, 1.82) is 0 Å². The van der Waals surface area contributed by atoms with E-state index in [1.54, 1.807) is 0 Å². The molecule has 0 aliphatic rings. The van der Waals surface area contributed by atoms with Crippen LogP contribution in [-0.2, 0) is 65.4 Å². The SMILES string of the molecule is CCC(C)CCCCCCCCC(=O)OC[C@H](COP(=O)(O)OC[C@H](O)COP(=O)(O)OC[C@@H](COC(=O)CCCCCCCCCCCCC(C)C)OC(=O)CCCCCCCCC(C)CC)OC(=O)CCCCCCCCCCCCCC(C)C. The summed E-state index contributed by atoms with van der Waals surface area (Å²) in [5.74, 6) is 0.839. The highest BCUT2D eigenvalue weighted by Gasteiger charge is 2.30. The quantitative estimate of drug-likeness (QED) is 0.0222. The summed E-state index contributed by atoms with van der Waals surface area (Å²) in [7, 11) is -9.90. The van der Waals surface area contributed by atoms with E-state index in [4.69, 9.17) is 37.0 Å². The highest BCUT2D eigenvalue weighted by atomic mass is 31.2. The first kappa shape index (κ1) is 85.1. The van der Waals surface area contributed by atoms with Crippen molar-refractivity contribution in [2.45, 2.75) is 350 Å². The summed E-state index contributed by atoms with van der Waals surface area (Å²) in [5.41, 5.74) is 0. The molecule has 3 N–H and O–H groups in total. The summed E-state index contributed by atoms with van der Waals surface area (Å²) < 4.78 is 68.2. The third kappa shape index (κ3) is 60.1. The van der Waals surface area contributed by atoms with Gasteiger partial charge in [-0.1, -0.05) is 280 Å². The zero-order valence-corrected chi connectivity index (χ0v) is 58.4. The lowest BCUT2D eigenvalue weighted by atomic mass is 10.00. The zero-order valence-electron chi connectivity index (χ0n) is 56.6. The summed E-state index contributed by atoms with van der Waals surface area (Å²) in [6.45, 7) is 14.0. The van der Waals surface area contributed by atoms with E-state index in [0.29, 0.717) is 25.7 Å². The molecule has 0 bridgehead atoms. The second-order valence-corrected chi connectivity index (χ2v) is 28.9. The molecule has 0 saturated carbocycles. The van der Waals surface area contributed by atoms with Gasteiger partial charge in [-0.2, -0.15) is 0 Å². The molecular formula is C68H132O17P2. The van der Waals surface area contributed by atoms with Gasteiger partial charge in [-0.25, -0.2) is 9.13 Å². The third-order valence-electron chi connectivity index (χ3n) is 16.3. The van der Waals surface area contributed by atoms with Crippen LogP contribution in [0.5, 0.6) is 0 Å². The molecule has 0 saturated heterocycles. The van der Waals surface area contributed by atoms with Crippen molar-refractivity contribution in [1.82, 2.24) is 0 Å². The Hall–Kier alpha value is -1.94. The van der Waals surface area contributed by atoms with Crippen LogP contribution in [0.3, 0.4) is 0 Å². The van der Waals surface area contributed by atoms with E-state index in [0.717, 1.165) is 120 Å². The number of carbonyl (C=O) groups is 4. The highest BCUT2D eigenvalue weighted by Crippen LogP contribution is 2.45. The molecule has 0 rings (SSSR count). The number of ether oxygens (including phenoxy) is 4. The van der Waals surface area contributed by atoms with E-state index in [2.05, 4.69) is 55.4 Å². The van der Waals surface area contributed by atoms with Crippen molar-refractivity contribution in [3.63, 3.8) is 0 Å². The summed E-state index contributed by atoms with van der Waals surface area (Å²) in [6.07, 6.45) is 39.0. The van der Waals surface area contributed by atoms with E-state index in [1.807, 2.05) is 0 Å². The third-order valence-corrected chi connectivity index (χ3v) is 18.2. The molecule has 516 valence electrons. The lowest BCUT2D eigenvalue weighted by molar-refractivity contribution is -0.161. The summed E-state index contributed by atoms with van der Waals surface area (Å²) in [6, 6.07) is 0. The van der Waals surface area contributed by atoms with Crippen LogP contribution in [0.4, 0.5) is 0 Å². The number of hydrogen-bond acceptors (Lipinski definition) is 15. The number of phosphoric ester groups is 2. The molecular weight excluding hydrogens is 1150 g/mol. The van der Waals surface area contributed by atoms with E-state index in [-0.39, 0.29) is 25.7 Å². The van der Waals surface area contributed by atoms with Gasteiger partial charge in [0.2, 0.25) is 0 Å². The molecule has 0 aromatic carbocycles. The van der Waals surface area contributed by atoms with Crippen molar-refractivity contribution >= 4 is 39.5 Å². The molecule has 19 heteroatoms. The number of phosphoric acid groups is 2. The standard InChI is InChI=1S/C68H132O17P2/c1-9-60(7)46-38-30-24-26-33-41-49-66(71)79-55-63(84-67(72)50-42-34-23-19-13-11-12-16-20-28-36-44-58(3)4)56-82-86(74,75)80-52-62(69)53-81-87(76,77)83-57-64(85-68(73)51-43-35-27-25-31-39-47-61(8)10-2)54-78-65(70)48-40-32-22-18-15-14-17-21-29-37-45-59(5)6/h58-64,69H,9-57H2,1-8H3,(H,74,75)(H,76,77)/t60?,61?,62-,63+,64+/m0/s1. The van der Waals surface area contributed by atoms with Gasteiger partial charge < -0.3 is 33.8 Å². The fourth-order valence-electron chi connectivity index (χ4n) is 10.1. The van der Waals surface area contributed by atoms with Crippen molar-refractivity contribution < 1.29 is 80.2 Å². The van der Waals surface area contributed by atoms with Crippen molar-refractivity contribution in [2.75, 3.05) is 39.6 Å². The van der Waals surface area contributed by atoms with Crippen molar-refractivity contribution in [3.05, 3.63) is 0 Å². The minimum absolute atomic E-state index is 0.102. The Morgan fingerprint density at radius 3 is 0.816 bits per heavy atom. The minimum Gasteiger partial charge on any atom is -0.462 e. The Kier molecular flexibility index (Phi) is 56.6. The number of esters is 4. The number of aliphatic hydroxyl groups is 1. The Morgan fingerprint density at radius 1 is 0.322 bits per heavy atom. The second-order valence-electron chi connectivity index (χ2n) is 26.0. The van der Waals surface area contributed by atoms with Gasteiger partial charge in [-0.05, 0) is 49.4 Å².